The van der Waals surface area contributed by atoms with Crippen LogP contribution in [-0.4, -0.2) is 74.5 Å². The number of aryl methyl sites for hydroxylation is 1. The van der Waals surface area contributed by atoms with E-state index in [1.165, 1.54) is 5.56 Å². The van der Waals surface area contributed by atoms with Gasteiger partial charge in [-0.05, 0) is 18.4 Å². The summed E-state index contributed by atoms with van der Waals surface area (Å²) in [5.41, 5.74) is 1.37. The first-order valence-corrected chi connectivity index (χ1v) is 9.15. The maximum Gasteiger partial charge on any atom is 0.219 e. The molecule has 1 aromatic rings. The second-order valence-electron chi connectivity index (χ2n) is 6.36. The first kappa shape index (κ1) is 22.7. The Morgan fingerprint density at radius 2 is 1.73 bits per heavy atom. The molecule has 0 aromatic heterocycles. The maximum absolute atomic E-state index is 11.3. The summed E-state index contributed by atoms with van der Waals surface area (Å²) >= 11 is 0. The van der Waals surface area contributed by atoms with Crippen molar-refractivity contribution in [3.63, 3.8) is 0 Å². The standard InChI is InChI=1S/C19H31N5O.HI/c1-17(25)24-15-13-23(14-16-24)12-11-22-19(20-2)21-10-6-9-18-7-4-3-5-8-18;/h3-5,7-8H,6,9-16H2,1-2H3,(H2,20,21,22);1H. The number of carbonyl (C=O) groups is 1. The molecule has 0 radical (unpaired) electrons. The van der Waals surface area contributed by atoms with Crippen molar-refractivity contribution in [1.29, 1.82) is 0 Å². The summed E-state index contributed by atoms with van der Waals surface area (Å²) in [6.07, 6.45) is 2.16. The summed E-state index contributed by atoms with van der Waals surface area (Å²) in [5, 5.41) is 6.73. The van der Waals surface area contributed by atoms with Crippen molar-refractivity contribution < 1.29 is 4.79 Å². The molecule has 0 bridgehead atoms. The molecule has 6 nitrogen and oxygen atoms in total. The highest BCUT2D eigenvalue weighted by Gasteiger charge is 2.17. The molecular weight excluding hydrogens is 441 g/mol. The van der Waals surface area contributed by atoms with Crippen molar-refractivity contribution in [2.75, 3.05) is 52.9 Å². The molecule has 1 heterocycles. The van der Waals surface area contributed by atoms with Crippen molar-refractivity contribution >= 4 is 35.8 Å². The number of nitrogens with zero attached hydrogens (tertiary/aromatic N) is 3. The maximum atomic E-state index is 11.3. The summed E-state index contributed by atoms with van der Waals surface area (Å²) in [6, 6.07) is 10.5. The summed E-state index contributed by atoms with van der Waals surface area (Å²) < 4.78 is 0. The molecule has 0 atom stereocenters. The third-order valence-electron chi connectivity index (χ3n) is 4.54. The van der Waals surface area contributed by atoms with Gasteiger partial charge in [0.2, 0.25) is 5.91 Å². The monoisotopic (exact) mass is 473 g/mol. The predicted molar refractivity (Wildman–Crippen MR) is 118 cm³/mol. The summed E-state index contributed by atoms with van der Waals surface area (Å²) in [6.45, 7) is 7.95. The van der Waals surface area contributed by atoms with Crippen LogP contribution in [0.15, 0.2) is 35.3 Å². The van der Waals surface area contributed by atoms with Gasteiger partial charge in [0, 0.05) is 59.8 Å². The first-order valence-electron chi connectivity index (χ1n) is 9.15. The zero-order valence-corrected chi connectivity index (χ0v) is 18.2. The number of benzene rings is 1. The lowest BCUT2D eigenvalue weighted by Gasteiger charge is -2.34. The number of piperazine rings is 1. The van der Waals surface area contributed by atoms with Crippen LogP contribution >= 0.6 is 24.0 Å². The molecule has 1 aliphatic rings. The molecule has 0 saturated carbocycles. The molecule has 146 valence electrons. The molecule has 26 heavy (non-hydrogen) atoms. The van der Waals surface area contributed by atoms with Crippen LogP contribution in [0.2, 0.25) is 0 Å². The Kier molecular flexibility index (Phi) is 11.3. The second kappa shape index (κ2) is 12.9. The van der Waals surface area contributed by atoms with Gasteiger partial charge in [-0.1, -0.05) is 30.3 Å². The summed E-state index contributed by atoms with van der Waals surface area (Å²) in [7, 11) is 1.80. The van der Waals surface area contributed by atoms with Gasteiger partial charge in [0.05, 0.1) is 0 Å². The van der Waals surface area contributed by atoms with Crippen LogP contribution < -0.4 is 10.6 Å². The fourth-order valence-corrected chi connectivity index (χ4v) is 2.98. The lowest BCUT2D eigenvalue weighted by Crippen LogP contribution is -2.50. The van der Waals surface area contributed by atoms with Crippen LogP contribution in [-0.2, 0) is 11.2 Å². The number of aliphatic imine (C=N–C) groups is 1. The number of nitrogens with one attached hydrogen (secondary N) is 2. The smallest absolute Gasteiger partial charge is 0.219 e. The van der Waals surface area contributed by atoms with Gasteiger partial charge >= 0.3 is 0 Å². The van der Waals surface area contributed by atoms with Crippen LogP contribution in [0.1, 0.15) is 18.9 Å². The number of rotatable bonds is 7. The lowest BCUT2D eigenvalue weighted by atomic mass is 10.1. The minimum absolute atomic E-state index is 0. The molecule has 1 aromatic carbocycles. The molecule has 1 aliphatic heterocycles. The Morgan fingerprint density at radius 3 is 2.35 bits per heavy atom. The highest BCUT2D eigenvalue weighted by Crippen LogP contribution is 2.02. The Bertz CT molecular complexity index is 544. The van der Waals surface area contributed by atoms with Crippen molar-refractivity contribution in [2.24, 2.45) is 4.99 Å². The van der Waals surface area contributed by atoms with E-state index in [-0.39, 0.29) is 29.9 Å². The van der Waals surface area contributed by atoms with E-state index in [0.717, 1.165) is 64.6 Å². The molecule has 2 N–H and O–H groups in total. The van der Waals surface area contributed by atoms with E-state index in [4.69, 9.17) is 0 Å². The van der Waals surface area contributed by atoms with E-state index < -0.39 is 0 Å². The number of carbonyl (C=O) groups excluding carboxylic acids is 1. The molecular formula is C19H32IN5O. The number of guanidine groups is 1. The van der Waals surface area contributed by atoms with E-state index in [0.29, 0.717) is 0 Å². The van der Waals surface area contributed by atoms with Gasteiger partial charge in [-0.3, -0.25) is 14.7 Å². The average Bonchev–Trinajstić information content (AvgIpc) is 2.65. The van der Waals surface area contributed by atoms with E-state index in [1.807, 2.05) is 11.0 Å². The molecule has 1 saturated heterocycles. The molecule has 0 unspecified atom stereocenters. The zero-order chi connectivity index (χ0) is 17.9. The van der Waals surface area contributed by atoms with Gasteiger partial charge in [0.1, 0.15) is 0 Å². The number of amides is 1. The van der Waals surface area contributed by atoms with E-state index in [1.54, 1.807) is 14.0 Å². The third kappa shape index (κ3) is 8.35. The van der Waals surface area contributed by atoms with Gasteiger partial charge in [-0.25, -0.2) is 0 Å². The normalized spacial score (nSPS) is 15.3. The number of hydrogen-bond donors (Lipinski definition) is 2. The fraction of sp³-hybridized carbons (Fsp3) is 0.579. The van der Waals surface area contributed by atoms with Crippen molar-refractivity contribution in [2.45, 2.75) is 19.8 Å². The Labute approximate surface area is 174 Å². The van der Waals surface area contributed by atoms with Crippen LogP contribution in [0.4, 0.5) is 0 Å². The predicted octanol–water partition coefficient (Wildman–Crippen LogP) is 1.57. The van der Waals surface area contributed by atoms with Crippen LogP contribution in [0.25, 0.3) is 0 Å². The summed E-state index contributed by atoms with van der Waals surface area (Å²) in [4.78, 5) is 19.9. The van der Waals surface area contributed by atoms with Gasteiger partial charge in [0.25, 0.3) is 0 Å². The minimum Gasteiger partial charge on any atom is -0.356 e. The molecule has 0 aliphatic carbocycles. The Morgan fingerprint density at radius 1 is 1.08 bits per heavy atom. The molecule has 1 amide bonds. The topological polar surface area (TPSA) is 60.0 Å². The van der Waals surface area contributed by atoms with Crippen LogP contribution in [0.5, 0.6) is 0 Å². The van der Waals surface area contributed by atoms with E-state index >= 15 is 0 Å². The average molecular weight is 473 g/mol. The second-order valence-corrected chi connectivity index (χ2v) is 6.36. The van der Waals surface area contributed by atoms with Gasteiger partial charge < -0.3 is 15.5 Å². The molecule has 2 rings (SSSR count). The molecule has 0 spiro atoms. The minimum atomic E-state index is 0. The van der Waals surface area contributed by atoms with Crippen LogP contribution in [0.3, 0.4) is 0 Å². The fourth-order valence-electron chi connectivity index (χ4n) is 2.98. The van der Waals surface area contributed by atoms with Crippen molar-refractivity contribution in [3.8, 4) is 0 Å². The van der Waals surface area contributed by atoms with Crippen molar-refractivity contribution in [1.82, 2.24) is 20.4 Å². The zero-order valence-electron chi connectivity index (χ0n) is 15.9. The Hall–Kier alpha value is -1.35. The lowest BCUT2D eigenvalue weighted by molar-refractivity contribution is -0.130. The highest BCUT2D eigenvalue weighted by molar-refractivity contribution is 14.0. The van der Waals surface area contributed by atoms with E-state index in [9.17, 15) is 4.79 Å². The van der Waals surface area contributed by atoms with Gasteiger partial charge in [-0.15, -0.1) is 24.0 Å². The quantitative estimate of drug-likeness (QED) is 0.273. The van der Waals surface area contributed by atoms with Crippen LogP contribution in [0, 0.1) is 0 Å². The number of halogens is 1. The summed E-state index contributed by atoms with van der Waals surface area (Å²) in [5.74, 6) is 1.04. The largest absolute Gasteiger partial charge is 0.356 e. The SMILES string of the molecule is CN=C(NCCCc1ccccc1)NCCN1CCN(C(C)=O)CC1.I. The van der Waals surface area contributed by atoms with E-state index in [2.05, 4.69) is 44.8 Å². The van der Waals surface area contributed by atoms with Gasteiger partial charge in [-0.2, -0.15) is 0 Å². The van der Waals surface area contributed by atoms with Crippen molar-refractivity contribution in [3.05, 3.63) is 35.9 Å². The highest BCUT2D eigenvalue weighted by atomic mass is 127. The number of hydrogen-bond acceptors (Lipinski definition) is 3. The molecule has 1 fully saturated rings. The molecule has 7 heteroatoms. The van der Waals surface area contributed by atoms with Gasteiger partial charge in [0.15, 0.2) is 5.96 Å². The first-order chi connectivity index (χ1) is 12.2. The third-order valence-corrected chi connectivity index (χ3v) is 4.54. The Balaban J connectivity index is 0.00000338.